The first-order valence-corrected chi connectivity index (χ1v) is 5.22. The van der Waals surface area contributed by atoms with Gasteiger partial charge in [-0.3, -0.25) is 0 Å². The van der Waals surface area contributed by atoms with Gasteiger partial charge in [0.1, 0.15) is 6.17 Å². The van der Waals surface area contributed by atoms with Crippen molar-refractivity contribution in [3.63, 3.8) is 0 Å². The van der Waals surface area contributed by atoms with E-state index in [1.807, 2.05) is 18.2 Å². The second-order valence-electron chi connectivity index (χ2n) is 3.29. The number of anilines is 1. The van der Waals surface area contributed by atoms with E-state index in [1.54, 1.807) is 0 Å². The van der Waals surface area contributed by atoms with Crippen molar-refractivity contribution < 1.29 is 4.39 Å². The van der Waals surface area contributed by atoms with Gasteiger partial charge in [0, 0.05) is 11.0 Å². The molecule has 0 fully saturated rings. The molecule has 1 aliphatic rings. The van der Waals surface area contributed by atoms with Crippen LogP contribution in [0.5, 0.6) is 0 Å². The van der Waals surface area contributed by atoms with Gasteiger partial charge >= 0.3 is 0 Å². The SMILES string of the molecule is FC1CCc2cccc(Br)c2NC1. The van der Waals surface area contributed by atoms with Gasteiger partial charge in [0.15, 0.2) is 0 Å². The van der Waals surface area contributed by atoms with E-state index in [4.69, 9.17) is 0 Å². The zero-order chi connectivity index (χ0) is 9.26. The Morgan fingerprint density at radius 3 is 3.15 bits per heavy atom. The molecule has 1 aromatic carbocycles. The monoisotopic (exact) mass is 243 g/mol. The molecule has 0 aliphatic carbocycles. The van der Waals surface area contributed by atoms with Gasteiger partial charge in [0.05, 0.1) is 5.69 Å². The molecule has 0 bridgehead atoms. The van der Waals surface area contributed by atoms with Gasteiger partial charge < -0.3 is 5.32 Å². The molecule has 0 radical (unpaired) electrons. The predicted molar refractivity (Wildman–Crippen MR) is 55.8 cm³/mol. The number of halogens is 2. The van der Waals surface area contributed by atoms with Crippen LogP contribution in [0, 0.1) is 0 Å². The van der Waals surface area contributed by atoms with Crippen molar-refractivity contribution in [3.8, 4) is 0 Å². The lowest BCUT2D eigenvalue weighted by atomic mass is 10.1. The Bertz CT molecular complexity index is 314. The largest absolute Gasteiger partial charge is 0.381 e. The maximum atomic E-state index is 13.1. The van der Waals surface area contributed by atoms with Crippen LogP contribution >= 0.6 is 15.9 Å². The van der Waals surface area contributed by atoms with Crippen LogP contribution in [0.2, 0.25) is 0 Å². The first-order chi connectivity index (χ1) is 6.27. The summed E-state index contributed by atoms with van der Waals surface area (Å²) in [7, 11) is 0. The molecule has 1 aliphatic heterocycles. The molecule has 1 unspecified atom stereocenters. The van der Waals surface area contributed by atoms with Gasteiger partial charge in [-0.1, -0.05) is 12.1 Å². The van der Waals surface area contributed by atoms with Crippen molar-refractivity contribution in [1.82, 2.24) is 0 Å². The van der Waals surface area contributed by atoms with Crippen LogP contribution in [0.3, 0.4) is 0 Å². The molecule has 0 saturated heterocycles. The van der Waals surface area contributed by atoms with Gasteiger partial charge in [-0.25, -0.2) is 4.39 Å². The molecule has 1 aromatic rings. The van der Waals surface area contributed by atoms with E-state index >= 15 is 0 Å². The lowest BCUT2D eigenvalue weighted by molar-refractivity contribution is 0.333. The molecule has 1 N–H and O–H groups in total. The van der Waals surface area contributed by atoms with Crippen molar-refractivity contribution in [3.05, 3.63) is 28.2 Å². The zero-order valence-electron chi connectivity index (χ0n) is 7.19. The minimum absolute atomic E-state index is 0.426. The Labute approximate surface area is 85.5 Å². The third-order valence-corrected chi connectivity index (χ3v) is 2.99. The topological polar surface area (TPSA) is 12.0 Å². The number of hydrogen-bond donors (Lipinski definition) is 1. The van der Waals surface area contributed by atoms with E-state index in [0.717, 1.165) is 16.6 Å². The Morgan fingerprint density at radius 2 is 2.31 bits per heavy atom. The van der Waals surface area contributed by atoms with Gasteiger partial charge in [0.25, 0.3) is 0 Å². The number of rotatable bonds is 0. The molecule has 1 nitrogen and oxygen atoms in total. The number of nitrogens with one attached hydrogen (secondary N) is 1. The molecule has 0 amide bonds. The summed E-state index contributed by atoms with van der Waals surface area (Å²) in [5.74, 6) is 0. The van der Waals surface area contributed by atoms with Crippen molar-refractivity contribution in [1.29, 1.82) is 0 Å². The highest BCUT2D eigenvalue weighted by Crippen LogP contribution is 2.29. The summed E-state index contributed by atoms with van der Waals surface area (Å²) in [6.45, 7) is 0.426. The summed E-state index contributed by atoms with van der Waals surface area (Å²) in [5, 5.41) is 3.12. The van der Waals surface area contributed by atoms with Crippen molar-refractivity contribution >= 4 is 21.6 Å². The summed E-state index contributed by atoms with van der Waals surface area (Å²) in [6.07, 6.45) is 0.721. The van der Waals surface area contributed by atoms with Crippen LogP contribution < -0.4 is 5.32 Å². The van der Waals surface area contributed by atoms with Gasteiger partial charge in [-0.15, -0.1) is 0 Å². The second kappa shape index (κ2) is 3.66. The van der Waals surface area contributed by atoms with Crippen molar-refractivity contribution in [2.75, 3.05) is 11.9 Å². The quantitative estimate of drug-likeness (QED) is 0.739. The normalized spacial score (nSPS) is 21.5. The molecule has 13 heavy (non-hydrogen) atoms. The van der Waals surface area contributed by atoms with E-state index < -0.39 is 6.17 Å². The van der Waals surface area contributed by atoms with Crippen molar-refractivity contribution in [2.24, 2.45) is 0 Å². The first kappa shape index (κ1) is 9.00. The average molecular weight is 244 g/mol. The van der Waals surface area contributed by atoms with Crippen molar-refractivity contribution in [2.45, 2.75) is 19.0 Å². The molecule has 0 spiro atoms. The lowest BCUT2D eigenvalue weighted by Crippen LogP contribution is -2.12. The summed E-state index contributed by atoms with van der Waals surface area (Å²) in [4.78, 5) is 0. The second-order valence-corrected chi connectivity index (χ2v) is 4.15. The van der Waals surface area contributed by atoms with Crippen LogP contribution in [0.4, 0.5) is 10.1 Å². The number of benzene rings is 1. The smallest absolute Gasteiger partial charge is 0.118 e. The molecule has 1 atom stereocenters. The highest BCUT2D eigenvalue weighted by molar-refractivity contribution is 9.10. The molecular weight excluding hydrogens is 233 g/mol. The van der Waals surface area contributed by atoms with Crippen LogP contribution in [0.25, 0.3) is 0 Å². The third-order valence-electron chi connectivity index (χ3n) is 2.33. The van der Waals surface area contributed by atoms with E-state index in [9.17, 15) is 4.39 Å². The summed E-state index contributed by atoms with van der Waals surface area (Å²) >= 11 is 3.45. The Balaban J connectivity index is 2.35. The molecule has 0 saturated carbocycles. The minimum Gasteiger partial charge on any atom is -0.381 e. The fraction of sp³-hybridized carbons (Fsp3) is 0.400. The molecular formula is C10H11BrFN. The van der Waals surface area contributed by atoms with Crippen LogP contribution in [-0.4, -0.2) is 12.7 Å². The number of para-hydroxylation sites is 1. The molecule has 1 heterocycles. The lowest BCUT2D eigenvalue weighted by Gasteiger charge is -2.09. The third kappa shape index (κ3) is 1.85. The van der Waals surface area contributed by atoms with Crippen LogP contribution in [0.1, 0.15) is 12.0 Å². The minimum atomic E-state index is -0.723. The maximum Gasteiger partial charge on any atom is 0.118 e. The van der Waals surface area contributed by atoms with Gasteiger partial charge in [-0.2, -0.15) is 0 Å². The molecule has 2 rings (SSSR count). The van der Waals surface area contributed by atoms with E-state index in [0.29, 0.717) is 13.0 Å². The van der Waals surface area contributed by atoms with Gasteiger partial charge in [0.2, 0.25) is 0 Å². The molecule has 3 heteroatoms. The number of aryl methyl sites for hydroxylation is 1. The zero-order valence-corrected chi connectivity index (χ0v) is 8.77. The Morgan fingerprint density at radius 1 is 1.46 bits per heavy atom. The van der Waals surface area contributed by atoms with Gasteiger partial charge in [-0.05, 0) is 40.4 Å². The maximum absolute atomic E-state index is 13.1. The Kier molecular flexibility index (Phi) is 2.54. The number of fused-ring (bicyclic) bond motifs is 1. The number of hydrogen-bond acceptors (Lipinski definition) is 1. The van der Waals surface area contributed by atoms with Crippen LogP contribution in [-0.2, 0) is 6.42 Å². The molecule has 0 aromatic heterocycles. The highest BCUT2D eigenvalue weighted by atomic mass is 79.9. The fourth-order valence-electron chi connectivity index (χ4n) is 1.60. The standard InChI is InChI=1S/C10H11BrFN/c11-9-3-1-2-7-4-5-8(12)6-13-10(7)9/h1-3,8,13H,4-6H2. The van der Waals surface area contributed by atoms with E-state index in [2.05, 4.69) is 21.2 Å². The summed E-state index contributed by atoms with van der Waals surface area (Å²) < 4.78 is 14.1. The highest BCUT2D eigenvalue weighted by Gasteiger charge is 2.15. The summed E-state index contributed by atoms with van der Waals surface area (Å²) in [5.41, 5.74) is 2.26. The number of alkyl halides is 1. The van der Waals surface area contributed by atoms with E-state index in [-0.39, 0.29) is 0 Å². The first-order valence-electron chi connectivity index (χ1n) is 4.42. The van der Waals surface area contributed by atoms with Crippen LogP contribution in [0.15, 0.2) is 22.7 Å². The van der Waals surface area contributed by atoms with E-state index in [1.165, 1.54) is 5.56 Å². The fourth-order valence-corrected chi connectivity index (χ4v) is 2.15. The average Bonchev–Trinajstić information content (AvgIpc) is 2.30. The predicted octanol–water partition coefficient (Wildman–Crippen LogP) is 3.15. The molecule has 70 valence electrons. The Hall–Kier alpha value is -0.570. The summed E-state index contributed by atoms with van der Waals surface area (Å²) in [6, 6.07) is 6.01.